The number of hydrogen-bond acceptors (Lipinski definition) is 3. The number of carbonyl (C=O) groups is 1. The van der Waals surface area contributed by atoms with E-state index in [2.05, 4.69) is 5.32 Å². The molecule has 0 unspecified atom stereocenters. The Balaban J connectivity index is 2.03. The van der Waals surface area contributed by atoms with Gasteiger partial charge in [-0.25, -0.2) is 0 Å². The van der Waals surface area contributed by atoms with E-state index in [9.17, 15) is 18.0 Å². The van der Waals surface area contributed by atoms with Gasteiger partial charge in [0.1, 0.15) is 0 Å². The van der Waals surface area contributed by atoms with Crippen LogP contribution in [0.15, 0.2) is 24.3 Å². The molecule has 0 saturated carbocycles. The summed E-state index contributed by atoms with van der Waals surface area (Å²) in [6.07, 6.45) is -4.36. The van der Waals surface area contributed by atoms with Crippen molar-refractivity contribution in [3.8, 4) is 0 Å². The van der Waals surface area contributed by atoms with Gasteiger partial charge in [0.25, 0.3) is 5.91 Å². The van der Waals surface area contributed by atoms with Crippen LogP contribution in [0.3, 0.4) is 0 Å². The number of nitrogens with zero attached hydrogens (tertiary/aromatic N) is 2. The number of hydrogen-bond donors (Lipinski definition) is 2. The zero-order valence-corrected chi connectivity index (χ0v) is 12.1. The Morgan fingerprint density at radius 2 is 1.86 bits per heavy atom. The summed E-state index contributed by atoms with van der Waals surface area (Å²) in [5, 5.41) is 10.1. The molecule has 1 aliphatic rings. The molecule has 5 nitrogen and oxygen atoms in total. The maximum atomic E-state index is 12.7. The lowest BCUT2D eigenvalue weighted by molar-refractivity contribution is -0.137. The lowest BCUT2D eigenvalue weighted by atomic mass is 10.1. The van der Waals surface area contributed by atoms with E-state index in [1.165, 1.54) is 13.1 Å². The van der Waals surface area contributed by atoms with Crippen molar-refractivity contribution in [2.75, 3.05) is 38.1 Å². The van der Waals surface area contributed by atoms with Crippen molar-refractivity contribution in [1.82, 2.24) is 10.2 Å². The van der Waals surface area contributed by atoms with Crippen LogP contribution in [0.5, 0.6) is 0 Å². The molecule has 1 aromatic carbocycles. The molecular weight excluding hydrogens is 297 g/mol. The third kappa shape index (κ3) is 3.49. The number of carbonyl (C=O) groups excluding carboxylic acids is 1. The number of anilines is 1. The molecule has 1 aliphatic heterocycles. The second-order valence-electron chi connectivity index (χ2n) is 4.95. The van der Waals surface area contributed by atoms with Gasteiger partial charge in [-0.3, -0.25) is 10.2 Å². The van der Waals surface area contributed by atoms with Crippen LogP contribution < -0.4 is 10.2 Å². The first-order valence-corrected chi connectivity index (χ1v) is 6.80. The van der Waals surface area contributed by atoms with E-state index in [0.29, 0.717) is 31.9 Å². The molecule has 1 saturated heterocycles. The summed E-state index contributed by atoms with van der Waals surface area (Å²) < 4.78 is 38.2. The topological polar surface area (TPSA) is 59.4 Å². The van der Waals surface area contributed by atoms with Crippen LogP contribution in [0.1, 0.15) is 5.56 Å². The van der Waals surface area contributed by atoms with Gasteiger partial charge in [0.15, 0.2) is 5.84 Å². The number of halogens is 3. The Hall–Kier alpha value is -2.25. The predicted molar refractivity (Wildman–Crippen MR) is 77.0 cm³/mol. The Morgan fingerprint density at radius 1 is 1.23 bits per heavy atom. The van der Waals surface area contributed by atoms with Crippen molar-refractivity contribution < 1.29 is 18.0 Å². The highest BCUT2D eigenvalue weighted by molar-refractivity contribution is 6.36. The molecule has 2 rings (SSSR count). The normalized spacial score (nSPS) is 15.6. The number of rotatable bonds is 1. The number of benzene rings is 1. The SMILES string of the molecule is CNC(=O)C(=N)N1CCN(c2cccc(C(F)(F)F)c2)CC1. The highest BCUT2D eigenvalue weighted by Gasteiger charge is 2.31. The van der Waals surface area contributed by atoms with Crippen molar-refractivity contribution in [1.29, 1.82) is 5.41 Å². The number of amides is 1. The maximum absolute atomic E-state index is 12.7. The first kappa shape index (κ1) is 16.1. The first-order valence-electron chi connectivity index (χ1n) is 6.80. The van der Waals surface area contributed by atoms with E-state index in [4.69, 9.17) is 5.41 Å². The van der Waals surface area contributed by atoms with Gasteiger partial charge in [-0.05, 0) is 18.2 Å². The quantitative estimate of drug-likeness (QED) is 0.611. The Morgan fingerprint density at radius 3 is 2.41 bits per heavy atom. The molecule has 8 heteroatoms. The molecule has 1 aromatic rings. The predicted octanol–water partition coefficient (Wildman–Crippen LogP) is 1.55. The number of piperazine rings is 1. The van der Waals surface area contributed by atoms with Crippen LogP contribution >= 0.6 is 0 Å². The third-order valence-electron chi connectivity index (χ3n) is 3.58. The van der Waals surface area contributed by atoms with E-state index in [1.54, 1.807) is 11.0 Å². The summed E-state index contributed by atoms with van der Waals surface area (Å²) in [7, 11) is 1.45. The monoisotopic (exact) mass is 314 g/mol. The molecule has 1 heterocycles. The van der Waals surface area contributed by atoms with Gasteiger partial charge in [0.05, 0.1) is 5.56 Å². The number of nitrogens with one attached hydrogen (secondary N) is 2. The fourth-order valence-corrected chi connectivity index (χ4v) is 2.33. The molecule has 0 spiro atoms. The summed E-state index contributed by atoms with van der Waals surface area (Å²) in [4.78, 5) is 14.8. The van der Waals surface area contributed by atoms with Gasteiger partial charge in [0, 0.05) is 38.9 Å². The van der Waals surface area contributed by atoms with Gasteiger partial charge in [-0.2, -0.15) is 13.2 Å². The molecule has 1 amide bonds. The van der Waals surface area contributed by atoms with Crippen LogP contribution in [-0.2, 0) is 11.0 Å². The van der Waals surface area contributed by atoms with E-state index in [1.807, 2.05) is 4.90 Å². The van der Waals surface area contributed by atoms with Crippen molar-refractivity contribution in [3.63, 3.8) is 0 Å². The summed E-state index contributed by atoms with van der Waals surface area (Å²) >= 11 is 0. The third-order valence-corrected chi connectivity index (χ3v) is 3.58. The Labute approximate surface area is 126 Å². The smallest absolute Gasteiger partial charge is 0.368 e. The molecule has 0 aromatic heterocycles. The average Bonchev–Trinajstić information content (AvgIpc) is 2.53. The zero-order chi connectivity index (χ0) is 16.3. The number of amidine groups is 1. The summed E-state index contributed by atoms with van der Waals surface area (Å²) in [6, 6.07) is 5.19. The lowest BCUT2D eigenvalue weighted by Crippen LogP contribution is -2.52. The van der Waals surface area contributed by atoms with Crippen LogP contribution in [0.2, 0.25) is 0 Å². The fraction of sp³-hybridized carbons (Fsp3) is 0.429. The van der Waals surface area contributed by atoms with Gasteiger partial charge < -0.3 is 15.1 Å². The molecule has 0 atom stereocenters. The van der Waals surface area contributed by atoms with Crippen LogP contribution in [-0.4, -0.2) is 49.9 Å². The molecule has 2 N–H and O–H groups in total. The minimum Gasteiger partial charge on any atom is -0.368 e. The van der Waals surface area contributed by atoms with Crippen molar-refractivity contribution >= 4 is 17.4 Å². The molecule has 1 fully saturated rings. The van der Waals surface area contributed by atoms with E-state index < -0.39 is 17.6 Å². The number of likely N-dealkylation sites (N-methyl/N-ethyl adjacent to an activating group) is 1. The van der Waals surface area contributed by atoms with Crippen LogP contribution in [0, 0.1) is 5.41 Å². The van der Waals surface area contributed by atoms with Gasteiger partial charge in [-0.15, -0.1) is 0 Å². The number of alkyl halides is 3. The van der Waals surface area contributed by atoms with Crippen molar-refractivity contribution in [2.24, 2.45) is 0 Å². The minimum atomic E-state index is -4.36. The van der Waals surface area contributed by atoms with Crippen molar-refractivity contribution in [2.45, 2.75) is 6.18 Å². The van der Waals surface area contributed by atoms with Crippen LogP contribution in [0.25, 0.3) is 0 Å². The highest BCUT2D eigenvalue weighted by Crippen LogP contribution is 2.31. The van der Waals surface area contributed by atoms with E-state index >= 15 is 0 Å². The highest BCUT2D eigenvalue weighted by atomic mass is 19.4. The van der Waals surface area contributed by atoms with Crippen molar-refractivity contribution in [3.05, 3.63) is 29.8 Å². The standard InChI is InChI=1S/C14H17F3N4O/c1-19-13(22)12(18)21-7-5-20(6-8-21)11-4-2-3-10(9-11)14(15,16)17/h2-4,9,18H,5-8H2,1H3,(H,19,22). The van der Waals surface area contributed by atoms with E-state index in [0.717, 1.165) is 12.1 Å². The summed E-state index contributed by atoms with van der Waals surface area (Å²) in [5.74, 6) is -0.585. The first-order chi connectivity index (χ1) is 10.3. The lowest BCUT2D eigenvalue weighted by Gasteiger charge is -2.37. The molecule has 120 valence electrons. The largest absolute Gasteiger partial charge is 0.416 e. The van der Waals surface area contributed by atoms with E-state index in [-0.39, 0.29) is 5.84 Å². The summed E-state index contributed by atoms with van der Waals surface area (Å²) in [6.45, 7) is 1.76. The Kier molecular flexibility index (Phi) is 4.58. The van der Waals surface area contributed by atoms with Gasteiger partial charge >= 0.3 is 6.18 Å². The van der Waals surface area contributed by atoms with Crippen LogP contribution in [0.4, 0.5) is 18.9 Å². The maximum Gasteiger partial charge on any atom is 0.416 e. The van der Waals surface area contributed by atoms with Gasteiger partial charge in [0.2, 0.25) is 0 Å². The minimum absolute atomic E-state index is 0.119. The average molecular weight is 314 g/mol. The zero-order valence-electron chi connectivity index (χ0n) is 12.1. The summed E-state index contributed by atoms with van der Waals surface area (Å²) in [5.41, 5.74) is -0.175. The molecular formula is C14H17F3N4O. The van der Waals surface area contributed by atoms with Gasteiger partial charge in [-0.1, -0.05) is 6.07 Å². The molecule has 0 bridgehead atoms. The molecule has 22 heavy (non-hydrogen) atoms. The molecule has 0 aliphatic carbocycles. The second kappa shape index (κ2) is 6.25. The molecule has 0 radical (unpaired) electrons. The second-order valence-corrected chi connectivity index (χ2v) is 4.95. The Bertz CT molecular complexity index is 565. The fourth-order valence-electron chi connectivity index (χ4n) is 2.33.